The number of carbonyl (C=O) groups excluding carboxylic acids is 1. The number of nitrogens with two attached hydrogens (primary N) is 1. The second-order valence-corrected chi connectivity index (χ2v) is 6.44. The Kier molecular flexibility index (Phi) is 4.90. The number of carbonyl (C=O) groups is 1. The van der Waals surface area contributed by atoms with Crippen LogP contribution >= 0.6 is 0 Å². The molecule has 0 radical (unpaired) electrons. The molecule has 1 heterocycles. The molecule has 1 atom stereocenters. The molecule has 2 aromatic rings. The molecule has 0 saturated carbocycles. The molecule has 3 rings (SSSR count). The summed E-state index contributed by atoms with van der Waals surface area (Å²) in [6.07, 6.45) is 2.27. The van der Waals surface area contributed by atoms with E-state index >= 15 is 0 Å². The highest BCUT2D eigenvalue weighted by Gasteiger charge is 2.18. The average molecular weight is 328 g/mol. The molecule has 1 aliphatic rings. The molecule has 0 bridgehead atoms. The third-order valence-electron chi connectivity index (χ3n) is 4.11. The van der Waals surface area contributed by atoms with E-state index in [-0.39, 0.29) is 12.2 Å². The maximum atomic E-state index is 11.8. The lowest BCUT2D eigenvalue weighted by molar-refractivity contribution is 0.0994. The number of ether oxygens (including phenoxy) is 2. The van der Waals surface area contributed by atoms with Crippen molar-refractivity contribution < 1.29 is 14.3 Å². The highest BCUT2D eigenvalue weighted by Crippen LogP contribution is 2.33. The van der Waals surface area contributed by atoms with Crippen LogP contribution in [0.1, 0.15) is 37.0 Å². The summed E-state index contributed by atoms with van der Waals surface area (Å²) in [6.45, 7) is 5.74. The highest BCUT2D eigenvalue weighted by atomic mass is 16.5. The van der Waals surface area contributed by atoms with E-state index in [0.717, 1.165) is 42.5 Å². The van der Waals surface area contributed by atoms with Gasteiger partial charge in [-0.2, -0.15) is 0 Å². The molecule has 3 N–H and O–H groups in total. The molecular formula is C19H24N2O3. The van der Waals surface area contributed by atoms with E-state index in [2.05, 4.69) is 5.32 Å². The number of hydrogen-bond donors (Lipinski definition) is 2. The summed E-state index contributed by atoms with van der Waals surface area (Å²) in [6, 6.07) is 9.48. The summed E-state index contributed by atoms with van der Waals surface area (Å²) in [5.41, 5.74) is 5.91. The van der Waals surface area contributed by atoms with Crippen LogP contribution in [0.2, 0.25) is 0 Å². The van der Waals surface area contributed by atoms with Crippen molar-refractivity contribution in [2.75, 3.05) is 13.1 Å². The molecule has 0 aliphatic carbocycles. The van der Waals surface area contributed by atoms with Crippen molar-refractivity contribution in [2.45, 2.75) is 38.9 Å². The van der Waals surface area contributed by atoms with Crippen LogP contribution in [0, 0.1) is 0 Å². The van der Waals surface area contributed by atoms with E-state index in [0.29, 0.717) is 11.3 Å². The fraction of sp³-hybridized carbons (Fsp3) is 0.421. The van der Waals surface area contributed by atoms with Crippen LogP contribution in [0.15, 0.2) is 30.3 Å². The minimum atomic E-state index is -0.490. The number of piperidine rings is 1. The van der Waals surface area contributed by atoms with Gasteiger partial charge >= 0.3 is 0 Å². The Morgan fingerprint density at radius 1 is 1.29 bits per heavy atom. The predicted octanol–water partition coefficient (Wildman–Crippen LogP) is 2.86. The fourth-order valence-electron chi connectivity index (χ4n) is 3.02. The molecule has 0 spiro atoms. The zero-order valence-electron chi connectivity index (χ0n) is 14.2. The van der Waals surface area contributed by atoms with Crippen molar-refractivity contribution in [1.82, 2.24) is 5.32 Å². The lowest BCUT2D eigenvalue weighted by Crippen LogP contribution is -2.37. The average Bonchev–Trinajstić information content (AvgIpc) is 2.55. The summed E-state index contributed by atoms with van der Waals surface area (Å²) < 4.78 is 12.0. The molecule has 5 heteroatoms. The van der Waals surface area contributed by atoms with E-state index in [1.165, 1.54) is 0 Å². The van der Waals surface area contributed by atoms with Gasteiger partial charge in [0.2, 0.25) is 0 Å². The Hall–Kier alpha value is -2.27. The summed E-state index contributed by atoms with van der Waals surface area (Å²) in [5.74, 6) is 0.823. The molecule has 1 fully saturated rings. The van der Waals surface area contributed by atoms with E-state index in [1.807, 2.05) is 38.1 Å². The van der Waals surface area contributed by atoms with Gasteiger partial charge in [0.1, 0.15) is 17.6 Å². The van der Waals surface area contributed by atoms with Gasteiger partial charge in [0.25, 0.3) is 5.91 Å². The van der Waals surface area contributed by atoms with Gasteiger partial charge in [-0.3, -0.25) is 4.79 Å². The van der Waals surface area contributed by atoms with Crippen LogP contribution in [0.4, 0.5) is 0 Å². The van der Waals surface area contributed by atoms with Gasteiger partial charge < -0.3 is 20.5 Å². The third-order valence-corrected chi connectivity index (χ3v) is 4.11. The van der Waals surface area contributed by atoms with Crippen molar-refractivity contribution >= 4 is 16.7 Å². The van der Waals surface area contributed by atoms with Gasteiger partial charge in [-0.1, -0.05) is 12.1 Å². The number of fused-ring (bicyclic) bond motifs is 1. The highest BCUT2D eigenvalue weighted by molar-refractivity contribution is 6.02. The fourth-order valence-corrected chi connectivity index (χ4v) is 3.02. The first-order valence-corrected chi connectivity index (χ1v) is 8.45. The molecule has 128 valence electrons. The quantitative estimate of drug-likeness (QED) is 0.885. The number of hydrogen-bond acceptors (Lipinski definition) is 4. The molecule has 1 saturated heterocycles. The SMILES string of the molecule is CC(C)Oc1cc2c(O[C@@H]3CCCNC3)cccc2cc1C(N)=O. The standard InChI is InChI=1S/C19H24N2O3/c1-12(2)23-18-10-15-13(9-16(18)19(20)22)5-3-7-17(15)24-14-6-4-8-21-11-14/h3,5,7,9-10,12,14,21H,4,6,8,11H2,1-2H3,(H2,20,22)/t14-/m1/s1. The van der Waals surface area contributed by atoms with E-state index in [1.54, 1.807) is 6.07 Å². The summed E-state index contributed by atoms with van der Waals surface area (Å²) in [4.78, 5) is 11.8. The minimum absolute atomic E-state index is 0.0452. The van der Waals surface area contributed by atoms with Crippen molar-refractivity contribution in [2.24, 2.45) is 5.73 Å². The molecule has 1 amide bonds. The smallest absolute Gasteiger partial charge is 0.252 e. The second-order valence-electron chi connectivity index (χ2n) is 6.44. The Morgan fingerprint density at radius 2 is 2.12 bits per heavy atom. The van der Waals surface area contributed by atoms with Gasteiger partial charge in [0, 0.05) is 11.9 Å². The van der Waals surface area contributed by atoms with Crippen LogP contribution in [-0.4, -0.2) is 31.2 Å². The number of nitrogens with one attached hydrogen (secondary N) is 1. The van der Waals surface area contributed by atoms with Crippen LogP contribution in [0.25, 0.3) is 10.8 Å². The van der Waals surface area contributed by atoms with Crippen LogP contribution < -0.4 is 20.5 Å². The van der Waals surface area contributed by atoms with Crippen molar-refractivity contribution in [3.63, 3.8) is 0 Å². The molecule has 2 aromatic carbocycles. The zero-order valence-corrected chi connectivity index (χ0v) is 14.2. The number of benzene rings is 2. The van der Waals surface area contributed by atoms with Gasteiger partial charge in [0.15, 0.2) is 0 Å². The van der Waals surface area contributed by atoms with E-state index in [9.17, 15) is 4.79 Å². The Bertz CT molecular complexity index is 737. The van der Waals surface area contributed by atoms with Crippen molar-refractivity contribution in [3.8, 4) is 11.5 Å². The van der Waals surface area contributed by atoms with Gasteiger partial charge in [-0.05, 0) is 56.8 Å². The van der Waals surface area contributed by atoms with Crippen molar-refractivity contribution in [3.05, 3.63) is 35.9 Å². The first-order valence-electron chi connectivity index (χ1n) is 8.45. The predicted molar refractivity (Wildman–Crippen MR) is 94.7 cm³/mol. The molecule has 0 aromatic heterocycles. The summed E-state index contributed by atoms with van der Waals surface area (Å²) in [7, 11) is 0. The Labute approximate surface area is 142 Å². The minimum Gasteiger partial charge on any atom is -0.490 e. The first kappa shape index (κ1) is 16.6. The largest absolute Gasteiger partial charge is 0.490 e. The Balaban J connectivity index is 2.02. The number of amides is 1. The van der Waals surface area contributed by atoms with E-state index < -0.39 is 5.91 Å². The Morgan fingerprint density at radius 3 is 2.79 bits per heavy atom. The molecule has 0 unspecified atom stereocenters. The monoisotopic (exact) mass is 328 g/mol. The summed E-state index contributed by atoms with van der Waals surface area (Å²) >= 11 is 0. The van der Waals surface area contributed by atoms with Gasteiger partial charge in [-0.15, -0.1) is 0 Å². The molecule has 24 heavy (non-hydrogen) atoms. The number of rotatable bonds is 5. The maximum absolute atomic E-state index is 11.8. The van der Waals surface area contributed by atoms with Crippen LogP contribution in [-0.2, 0) is 0 Å². The molecule has 5 nitrogen and oxygen atoms in total. The normalized spacial score (nSPS) is 17.9. The number of primary amides is 1. The summed E-state index contributed by atoms with van der Waals surface area (Å²) in [5, 5.41) is 5.21. The van der Waals surface area contributed by atoms with Gasteiger partial charge in [0.05, 0.1) is 11.7 Å². The molecule has 1 aliphatic heterocycles. The topological polar surface area (TPSA) is 73.6 Å². The molecular weight excluding hydrogens is 304 g/mol. The van der Waals surface area contributed by atoms with Crippen LogP contribution in [0.5, 0.6) is 11.5 Å². The zero-order chi connectivity index (χ0) is 17.1. The van der Waals surface area contributed by atoms with Crippen molar-refractivity contribution in [1.29, 1.82) is 0 Å². The second kappa shape index (κ2) is 7.09. The first-order chi connectivity index (χ1) is 11.5. The maximum Gasteiger partial charge on any atom is 0.252 e. The van der Waals surface area contributed by atoms with Crippen LogP contribution in [0.3, 0.4) is 0 Å². The van der Waals surface area contributed by atoms with E-state index in [4.69, 9.17) is 15.2 Å². The van der Waals surface area contributed by atoms with Gasteiger partial charge in [-0.25, -0.2) is 0 Å². The lowest BCUT2D eigenvalue weighted by atomic mass is 10.0. The third kappa shape index (κ3) is 3.62. The lowest BCUT2D eigenvalue weighted by Gasteiger charge is -2.25.